The van der Waals surface area contributed by atoms with Crippen molar-refractivity contribution in [3.63, 3.8) is 0 Å². The number of nitrogens with two attached hydrogens (primary N) is 1. The molecule has 1 heterocycles. The van der Waals surface area contributed by atoms with Gasteiger partial charge < -0.3 is 11.1 Å². The lowest BCUT2D eigenvalue weighted by Gasteiger charge is -2.16. The zero-order valence-electron chi connectivity index (χ0n) is 8.07. The van der Waals surface area contributed by atoms with Crippen molar-refractivity contribution in [3.8, 4) is 0 Å². The highest BCUT2D eigenvalue weighted by Crippen LogP contribution is 2.46. The molecule has 0 amide bonds. The van der Waals surface area contributed by atoms with Gasteiger partial charge in [-0.1, -0.05) is 0 Å². The van der Waals surface area contributed by atoms with Crippen molar-refractivity contribution in [1.29, 1.82) is 0 Å². The van der Waals surface area contributed by atoms with E-state index < -0.39 is 0 Å². The van der Waals surface area contributed by atoms with Gasteiger partial charge >= 0.3 is 0 Å². The van der Waals surface area contributed by atoms with Crippen LogP contribution in [0.2, 0.25) is 0 Å². The number of nitrogen functional groups attached to an aromatic ring is 1. The van der Waals surface area contributed by atoms with Crippen LogP contribution in [-0.2, 0) is 0 Å². The van der Waals surface area contributed by atoms with Gasteiger partial charge in [0.25, 0.3) is 0 Å². The Kier molecular flexibility index (Phi) is 1.90. The molecule has 3 nitrogen and oxygen atoms in total. The first kappa shape index (κ1) is 8.53. The monoisotopic (exact) mass is 209 g/mol. The van der Waals surface area contributed by atoms with E-state index in [1.807, 2.05) is 6.07 Å². The van der Waals surface area contributed by atoms with E-state index in [2.05, 4.69) is 9.69 Å². The van der Waals surface area contributed by atoms with Gasteiger partial charge in [-0.05, 0) is 49.1 Å². The quantitative estimate of drug-likeness (QED) is 0.800. The molecule has 14 heavy (non-hydrogen) atoms. The zero-order valence-corrected chi connectivity index (χ0v) is 8.89. The van der Waals surface area contributed by atoms with E-state index in [-0.39, 0.29) is 0 Å². The second-order valence-electron chi connectivity index (χ2n) is 4.46. The third kappa shape index (κ3) is 1.71. The molecule has 1 aromatic rings. The Labute approximate surface area is 87.9 Å². The minimum Gasteiger partial charge on any atom is -0.383 e. The predicted molar refractivity (Wildman–Crippen MR) is 59.4 cm³/mol. The van der Waals surface area contributed by atoms with E-state index in [9.17, 15) is 0 Å². The van der Waals surface area contributed by atoms with E-state index in [0.717, 1.165) is 16.8 Å². The molecule has 2 fully saturated rings. The maximum absolute atomic E-state index is 5.60. The molecule has 0 aliphatic heterocycles. The Morgan fingerprint density at radius 3 is 2.43 bits per heavy atom. The third-order valence-corrected chi connectivity index (χ3v) is 3.83. The van der Waals surface area contributed by atoms with Gasteiger partial charge in [0.15, 0.2) is 0 Å². The molecular formula is C10H15N3S. The highest BCUT2D eigenvalue weighted by atomic mass is 32.1. The Bertz CT molecular complexity index is 316. The van der Waals surface area contributed by atoms with Crippen molar-refractivity contribution in [2.24, 2.45) is 11.8 Å². The SMILES string of the molecule is Nc1cc(NC(C2CC2)C2CC2)sn1. The fraction of sp³-hybridized carbons (Fsp3) is 0.700. The summed E-state index contributed by atoms with van der Waals surface area (Å²) in [5.74, 6) is 2.49. The first-order chi connectivity index (χ1) is 6.83. The number of anilines is 2. The summed E-state index contributed by atoms with van der Waals surface area (Å²) in [6.45, 7) is 0. The second-order valence-corrected chi connectivity index (χ2v) is 5.27. The topological polar surface area (TPSA) is 50.9 Å². The molecule has 2 aliphatic rings. The van der Waals surface area contributed by atoms with Crippen LogP contribution in [0.5, 0.6) is 0 Å². The first-order valence-electron chi connectivity index (χ1n) is 5.31. The summed E-state index contributed by atoms with van der Waals surface area (Å²) < 4.78 is 4.09. The van der Waals surface area contributed by atoms with Crippen LogP contribution in [0.4, 0.5) is 10.8 Å². The second kappa shape index (κ2) is 3.12. The van der Waals surface area contributed by atoms with E-state index in [0.29, 0.717) is 11.9 Å². The lowest BCUT2D eigenvalue weighted by atomic mass is 10.1. The van der Waals surface area contributed by atoms with Gasteiger partial charge in [0.2, 0.25) is 0 Å². The summed E-state index contributed by atoms with van der Waals surface area (Å²) in [7, 11) is 0. The average molecular weight is 209 g/mol. The largest absolute Gasteiger partial charge is 0.383 e. The molecule has 2 saturated carbocycles. The summed E-state index contributed by atoms with van der Waals surface area (Å²) in [4.78, 5) is 0. The maximum Gasteiger partial charge on any atom is 0.139 e. The fourth-order valence-corrected chi connectivity index (χ4v) is 2.67. The van der Waals surface area contributed by atoms with Gasteiger partial charge in [0.1, 0.15) is 10.8 Å². The van der Waals surface area contributed by atoms with E-state index in [1.54, 1.807) is 0 Å². The first-order valence-corrected chi connectivity index (χ1v) is 6.09. The lowest BCUT2D eigenvalue weighted by Crippen LogP contribution is -2.23. The van der Waals surface area contributed by atoms with Crippen molar-refractivity contribution >= 4 is 22.4 Å². The molecule has 0 spiro atoms. The zero-order chi connectivity index (χ0) is 9.54. The number of nitrogens with zero attached hydrogens (tertiary/aromatic N) is 1. The van der Waals surface area contributed by atoms with Crippen molar-refractivity contribution in [3.05, 3.63) is 6.07 Å². The van der Waals surface area contributed by atoms with Crippen LogP contribution in [0.15, 0.2) is 6.07 Å². The van der Waals surface area contributed by atoms with Crippen LogP contribution in [0.25, 0.3) is 0 Å². The molecule has 4 heteroatoms. The number of hydrogen-bond donors (Lipinski definition) is 2. The van der Waals surface area contributed by atoms with Crippen LogP contribution >= 0.6 is 11.5 Å². The van der Waals surface area contributed by atoms with Crippen LogP contribution in [0.1, 0.15) is 25.7 Å². The molecule has 0 atom stereocenters. The van der Waals surface area contributed by atoms with Gasteiger partial charge in [-0.3, -0.25) is 0 Å². The minimum atomic E-state index is 0.642. The van der Waals surface area contributed by atoms with Crippen molar-refractivity contribution in [2.75, 3.05) is 11.1 Å². The Morgan fingerprint density at radius 1 is 1.36 bits per heavy atom. The number of nitrogens with one attached hydrogen (secondary N) is 1. The molecule has 0 unspecified atom stereocenters. The van der Waals surface area contributed by atoms with Crippen molar-refractivity contribution in [2.45, 2.75) is 31.7 Å². The highest BCUT2D eigenvalue weighted by molar-refractivity contribution is 7.10. The third-order valence-electron chi connectivity index (χ3n) is 3.10. The molecule has 0 aromatic carbocycles. The number of hydrogen-bond acceptors (Lipinski definition) is 4. The Morgan fingerprint density at radius 2 is 2.00 bits per heavy atom. The Hall–Kier alpha value is -0.770. The van der Waals surface area contributed by atoms with Gasteiger partial charge in [-0.2, -0.15) is 4.37 Å². The van der Waals surface area contributed by atoms with E-state index in [4.69, 9.17) is 5.73 Å². The van der Waals surface area contributed by atoms with Crippen LogP contribution in [0, 0.1) is 11.8 Å². The minimum absolute atomic E-state index is 0.642. The summed E-state index contributed by atoms with van der Waals surface area (Å²) in [6.07, 6.45) is 5.62. The number of rotatable bonds is 4. The normalized spacial score (nSPS) is 21.5. The molecule has 76 valence electrons. The van der Waals surface area contributed by atoms with Crippen LogP contribution < -0.4 is 11.1 Å². The fourth-order valence-electron chi connectivity index (χ4n) is 2.05. The predicted octanol–water partition coefficient (Wildman–Crippen LogP) is 2.33. The summed E-state index contributed by atoms with van der Waals surface area (Å²) in [5.41, 5.74) is 5.60. The molecule has 3 rings (SSSR count). The van der Waals surface area contributed by atoms with Crippen LogP contribution in [-0.4, -0.2) is 10.4 Å². The molecule has 0 bridgehead atoms. The number of aromatic nitrogens is 1. The molecule has 1 aromatic heterocycles. The average Bonchev–Trinajstić information content (AvgIpc) is 3.04. The maximum atomic E-state index is 5.60. The highest BCUT2D eigenvalue weighted by Gasteiger charge is 2.41. The van der Waals surface area contributed by atoms with Crippen molar-refractivity contribution < 1.29 is 0 Å². The lowest BCUT2D eigenvalue weighted by molar-refractivity contribution is 0.569. The Balaban J connectivity index is 1.68. The standard InChI is InChI=1S/C10H15N3S/c11-8-5-9(14-13-8)12-10(6-1-2-6)7-3-4-7/h5-7,10,12H,1-4H2,(H2,11,13). The van der Waals surface area contributed by atoms with Crippen molar-refractivity contribution in [1.82, 2.24) is 4.37 Å². The van der Waals surface area contributed by atoms with Gasteiger partial charge in [-0.15, -0.1) is 0 Å². The summed E-state index contributed by atoms with van der Waals surface area (Å²) in [6, 6.07) is 2.65. The summed E-state index contributed by atoms with van der Waals surface area (Å²) >= 11 is 1.48. The van der Waals surface area contributed by atoms with E-state index >= 15 is 0 Å². The molecular weight excluding hydrogens is 194 g/mol. The van der Waals surface area contributed by atoms with Gasteiger partial charge in [0.05, 0.1) is 0 Å². The molecule has 3 N–H and O–H groups in total. The van der Waals surface area contributed by atoms with Gasteiger partial charge in [-0.25, -0.2) is 0 Å². The van der Waals surface area contributed by atoms with Crippen LogP contribution in [0.3, 0.4) is 0 Å². The smallest absolute Gasteiger partial charge is 0.139 e. The van der Waals surface area contributed by atoms with Gasteiger partial charge in [0, 0.05) is 12.1 Å². The molecule has 0 saturated heterocycles. The molecule has 2 aliphatic carbocycles. The summed E-state index contributed by atoms with van der Waals surface area (Å²) in [5, 5.41) is 4.74. The van der Waals surface area contributed by atoms with E-state index in [1.165, 1.54) is 37.2 Å². The molecule has 0 radical (unpaired) electrons.